The van der Waals surface area contributed by atoms with Crippen molar-refractivity contribution in [3.8, 4) is 0 Å². The number of carbonyl (C=O) groups excluding carboxylic acids is 2. The van der Waals surface area contributed by atoms with Crippen molar-refractivity contribution >= 4 is 18.0 Å². The first-order chi connectivity index (χ1) is 7.72. The molecule has 0 aliphatic carbocycles. The number of amides is 1. The molecule has 4 heteroatoms. The predicted octanol–water partition coefficient (Wildman–Crippen LogP) is -0.194. The van der Waals surface area contributed by atoms with E-state index in [-0.39, 0.29) is 6.61 Å². The third kappa shape index (κ3) is 1.86. The zero-order valence-electron chi connectivity index (χ0n) is 8.84. The molecule has 1 heterocycles. The molecule has 0 fully saturated rings. The molecule has 0 spiro atoms. The zero-order chi connectivity index (χ0) is 11.5. The second-order valence-electron chi connectivity index (χ2n) is 3.41. The van der Waals surface area contributed by atoms with Crippen LogP contribution in [0.3, 0.4) is 0 Å². The van der Waals surface area contributed by atoms with Crippen molar-refractivity contribution < 1.29 is 14.3 Å². The summed E-state index contributed by atoms with van der Waals surface area (Å²) in [5, 5.41) is 1.40. The fourth-order valence-electron chi connectivity index (χ4n) is 1.57. The average molecular weight is 217 g/mol. The molecule has 0 bridgehead atoms. The molecule has 0 saturated heterocycles. The summed E-state index contributed by atoms with van der Waals surface area (Å²) >= 11 is 0. The van der Waals surface area contributed by atoms with E-state index in [4.69, 9.17) is 4.74 Å². The maximum atomic E-state index is 11.6. The maximum Gasteiger partial charge on any atom is 0.322 e. The standard InChI is InChI=1S/C12H11NO3/c1-2-16-12(15)9-7-8-5-3-4-6-10(8)13-11(9)14/h3-7,9H,2H2,1H3/t9-/m0/s1. The Morgan fingerprint density at radius 2 is 2.19 bits per heavy atom. The van der Waals surface area contributed by atoms with Crippen LogP contribution in [0.4, 0.5) is 0 Å². The van der Waals surface area contributed by atoms with Gasteiger partial charge in [-0.05, 0) is 18.2 Å². The number of rotatable bonds is 2. The molecule has 1 atom stereocenters. The highest BCUT2D eigenvalue weighted by molar-refractivity contribution is 6.04. The second kappa shape index (κ2) is 4.26. The Morgan fingerprint density at radius 3 is 2.94 bits per heavy atom. The van der Waals surface area contributed by atoms with Crippen LogP contribution in [-0.4, -0.2) is 18.5 Å². The fraction of sp³-hybridized carbons (Fsp3) is 0.250. The van der Waals surface area contributed by atoms with E-state index in [1.165, 1.54) is 0 Å². The van der Waals surface area contributed by atoms with Gasteiger partial charge in [0.1, 0.15) is 0 Å². The molecular formula is C12H11NO3. The summed E-state index contributed by atoms with van der Waals surface area (Å²) in [4.78, 5) is 26.9. The van der Waals surface area contributed by atoms with Gasteiger partial charge in [-0.1, -0.05) is 24.3 Å². The van der Waals surface area contributed by atoms with E-state index in [9.17, 15) is 9.59 Å². The first-order valence-corrected chi connectivity index (χ1v) is 5.08. The van der Waals surface area contributed by atoms with Gasteiger partial charge in [0.25, 0.3) is 5.91 Å². The van der Waals surface area contributed by atoms with Crippen LogP contribution < -0.4 is 10.6 Å². The lowest BCUT2D eigenvalue weighted by Gasteiger charge is -2.10. The van der Waals surface area contributed by atoms with Gasteiger partial charge in [-0.2, -0.15) is 0 Å². The highest BCUT2D eigenvalue weighted by Gasteiger charge is 2.26. The third-order valence-corrected chi connectivity index (χ3v) is 2.32. The highest BCUT2D eigenvalue weighted by atomic mass is 16.5. The number of esters is 1. The molecule has 1 aliphatic rings. The molecule has 4 nitrogen and oxygen atoms in total. The number of fused-ring (bicyclic) bond motifs is 1. The monoisotopic (exact) mass is 217 g/mol. The van der Waals surface area contributed by atoms with E-state index in [2.05, 4.69) is 4.99 Å². The fourth-order valence-corrected chi connectivity index (χ4v) is 1.57. The number of para-hydroxylation sites is 1. The Balaban J connectivity index is 2.44. The number of hydrogen-bond acceptors (Lipinski definition) is 3. The zero-order valence-corrected chi connectivity index (χ0v) is 8.84. The predicted molar refractivity (Wildman–Crippen MR) is 56.8 cm³/mol. The quantitative estimate of drug-likeness (QED) is 0.509. The van der Waals surface area contributed by atoms with Crippen molar-refractivity contribution in [3.63, 3.8) is 0 Å². The molecule has 16 heavy (non-hydrogen) atoms. The summed E-state index contributed by atoms with van der Waals surface area (Å²) in [6.07, 6.45) is 1.60. The van der Waals surface area contributed by atoms with Gasteiger partial charge in [-0.25, -0.2) is 4.99 Å². The Hall–Kier alpha value is -1.97. The van der Waals surface area contributed by atoms with Gasteiger partial charge in [-0.15, -0.1) is 0 Å². The molecule has 82 valence electrons. The van der Waals surface area contributed by atoms with Crippen LogP contribution in [0, 0.1) is 5.92 Å². The lowest BCUT2D eigenvalue weighted by Crippen LogP contribution is -2.36. The van der Waals surface area contributed by atoms with Crippen LogP contribution >= 0.6 is 0 Å². The Kier molecular flexibility index (Phi) is 2.81. The summed E-state index contributed by atoms with van der Waals surface area (Å²) in [5.41, 5.74) is 0. The molecule has 0 aromatic heterocycles. The second-order valence-corrected chi connectivity index (χ2v) is 3.41. The van der Waals surface area contributed by atoms with Crippen LogP contribution in [0.15, 0.2) is 29.3 Å². The van der Waals surface area contributed by atoms with Gasteiger partial charge in [-0.3, -0.25) is 9.59 Å². The van der Waals surface area contributed by atoms with Crippen LogP contribution in [-0.2, 0) is 14.3 Å². The molecule has 1 amide bonds. The average Bonchev–Trinajstić information content (AvgIpc) is 2.28. The molecule has 1 aromatic rings. The SMILES string of the molecule is CCOC(=O)[C@H]1C=c2ccccc2=NC1=O. The van der Waals surface area contributed by atoms with E-state index in [1.807, 2.05) is 12.1 Å². The Morgan fingerprint density at radius 1 is 1.44 bits per heavy atom. The van der Waals surface area contributed by atoms with E-state index in [0.29, 0.717) is 5.36 Å². The Bertz CT molecular complexity index is 548. The molecule has 1 aromatic carbocycles. The molecule has 1 aliphatic heterocycles. The van der Waals surface area contributed by atoms with E-state index in [0.717, 1.165) is 5.22 Å². The van der Waals surface area contributed by atoms with Crippen molar-refractivity contribution in [2.24, 2.45) is 10.9 Å². The van der Waals surface area contributed by atoms with E-state index in [1.54, 1.807) is 25.1 Å². The van der Waals surface area contributed by atoms with Crippen molar-refractivity contribution in [3.05, 3.63) is 34.8 Å². The van der Waals surface area contributed by atoms with Gasteiger partial charge in [0.05, 0.1) is 12.0 Å². The number of nitrogens with zero attached hydrogens (tertiary/aromatic N) is 1. The van der Waals surface area contributed by atoms with Crippen LogP contribution in [0.1, 0.15) is 6.92 Å². The lowest BCUT2D eigenvalue weighted by molar-refractivity contribution is -0.148. The number of hydrogen-bond donors (Lipinski definition) is 0. The molecule has 0 saturated carbocycles. The summed E-state index contributed by atoms with van der Waals surface area (Å²) in [6, 6.07) is 7.19. The third-order valence-electron chi connectivity index (χ3n) is 2.32. The van der Waals surface area contributed by atoms with Gasteiger partial charge in [0.15, 0.2) is 5.92 Å². The summed E-state index contributed by atoms with van der Waals surface area (Å²) in [7, 11) is 0. The molecular weight excluding hydrogens is 206 g/mol. The molecule has 0 radical (unpaired) electrons. The number of benzene rings is 1. The molecule has 0 N–H and O–H groups in total. The minimum atomic E-state index is -0.894. The topological polar surface area (TPSA) is 55.7 Å². The van der Waals surface area contributed by atoms with Crippen LogP contribution in [0.5, 0.6) is 0 Å². The number of ether oxygens (including phenoxy) is 1. The minimum absolute atomic E-state index is 0.262. The summed E-state index contributed by atoms with van der Waals surface area (Å²) in [6.45, 7) is 1.97. The first-order valence-electron chi connectivity index (χ1n) is 5.08. The molecule has 0 unspecified atom stereocenters. The maximum absolute atomic E-state index is 11.6. The van der Waals surface area contributed by atoms with Crippen molar-refractivity contribution in [2.45, 2.75) is 6.92 Å². The van der Waals surface area contributed by atoms with Crippen molar-refractivity contribution in [1.29, 1.82) is 0 Å². The Labute approximate surface area is 92.3 Å². The van der Waals surface area contributed by atoms with Gasteiger partial charge in [0.2, 0.25) is 0 Å². The molecule has 2 rings (SSSR count). The normalized spacial score (nSPS) is 18.1. The van der Waals surface area contributed by atoms with Gasteiger partial charge >= 0.3 is 5.97 Å². The number of carbonyl (C=O) groups is 2. The summed E-state index contributed by atoms with van der Waals surface area (Å²) < 4.78 is 4.82. The van der Waals surface area contributed by atoms with Crippen molar-refractivity contribution in [1.82, 2.24) is 0 Å². The largest absolute Gasteiger partial charge is 0.465 e. The minimum Gasteiger partial charge on any atom is -0.465 e. The van der Waals surface area contributed by atoms with E-state index >= 15 is 0 Å². The van der Waals surface area contributed by atoms with Crippen LogP contribution in [0.2, 0.25) is 0 Å². The van der Waals surface area contributed by atoms with Crippen LogP contribution in [0.25, 0.3) is 6.08 Å². The smallest absolute Gasteiger partial charge is 0.322 e. The van der Waals surface area contributed by atoms with Gasteiger partial charge < -0.3 is 4.74 Å². The highest BCUT2D eigenvalue weighted by Crippen LogP contribution is 2.06. The summed E-state index contributed by atoms with van der Waals surface area (Å²) in [5.74, 6) is -1.89. The first kappa shape index (κ1) is 10.5. The van der Waals surface area contributed by atoms with Gasteiger partial charge in [0, 0.05) is 0 Å². The van der Waals surface area contributed by atoms with E-state index < -0.39 is 17.8 Å². The lowest BCUT2D eigenvalue weighted by atomic mass is 10.0. The van der Waals surface area contributed by atoms with Crippen molar-refractivity contribution in [2.75, 3.05) is 6.61 Å².